The van der Waals surface area contributed by atoms with Crippen molar-refractivity contribution in [3.63, 3.8) is 0 Å². The molecule has 1 aromatic carbocycles. The van der Waals surface area contributed by atoms with Gasteiger partial charge in [0.2, 0.25) is 0 Å². The Hall–Kier alpha value is -1.00. The van der Waals surface area contributed by atoms with Crippen LogP contribution in [0.25, 0.3) is 10.1 Å². The van der Waals surface area contributed by atoms with Gasteiger partial charge in [0.1, 0.15) is 0 Å². The zero-order valence-electron chi connectivity index (χ0n) is 7.44. The second-order valence-electron chi connectivity index (χ2n) is 3.07. The van der Waals surface area contributed by atoms with Crippen molar-refractivity contribution >= 4 is 40.0 Å². The summed E-state index contributed by atoms with van der Waals surface area (Å²) in [6.45, 7) is 1.97. The van der Waals surface area contributed by atoms with E-state index in [2.05, 4.69) is 12.6 Å². The molecular weight excluding hydrogens is 216 g/mol. The Bertz CT molecular complexity index is 514. The topological polar surface area (TPSA) is 37.3 Å². The molecule has 0 bridgehead atoms. The summed E-state index contributed by atoms with van der Waals surface area (Å²) in [7, 11) is 0. The molecule has 1 N–H and O–H groups in total. The van der Waals surface area contributed by atoms with E-state index in [0.717, 1.165) is 15.0 Å². The molecule has 0 spiro atoms. The van der Waals surface area contributed by atoms with E-state index in [1.54, 1.807) is 6.07 Å². The minimum atomic E-state index is -0.896. The number of aryl methyl sites for hydroxylation is 1. The quantitative estimate of drug-likeness (QED) is 0.730. The van der Waals surface area contributed by atoms with Crippen molar-refractivity contribution in [1.82, 2.24) is 0 Å². The summed E-state index contributed by atoms with van der Waals surface area (Å²) in [5.74, 6) is -0.896. The number of carbonyl (C=O) groups is 1. The first-order chi connectivity index (χ1) is 6.58. The lowest BCUT2D eigenvalue weighted by Crippen LogP contribution is -1.95. The highest BCUT2D eigenvalue weighted by Crippen LogP contribution is 2.30. The van der Waals surface area contributed by atoms with Crippen LogP contribution in [-0.4, -0.2) is 11.1 Å². The van der Waals surface area contributed by atoms with Crippen molar-refractivity contribution in [2.45, 2.75) is 11.8 Å². The molecule has 2 aromatic rings. The number of benzene rings is 1. The molecule has 0 unspecified atom stereocenters. The molecule has 2 rings (SSSR count). The molecule has 4 heteroatoms. The van der Waals surface area contributed by atoms with Gasteiger partial charge >= 0.3 is 5.97 Å². The lowest BCUT2D eigenvalue weighted by atomic mass is 10.1. The Kier molecular flexibility index (Phi) is 2.25. The summed E-state index contributed by atoms with van der Waals surface area (Å²) in [6.07, 6.45) is 0. The lowest BCUT2D eigenvalue weighted by molar-refractivity contribution is 0.0699. The van der Waals surface area contributed by atoms with E-state index in [4.69, 9.17) is 5.11 Å². The highest BCUT2D eigenvalue weighted by atomic mass is 32.1. The fraction of sp³-hybridized carbons (Fsp3) is 0.100. The van der Waals surface area contributed by atoms with Crippen LogP contribution in [0.3, 0.4) is 0 Å². The first-order valence-electron chi connectivity index (χ1n) is 4.04. The van der Waals surface area contributed by atoms with E-state index in [0.29, 0.717) is 10.5 Å². The molecule has 1 aromatic heterocycles. The second-order valence-corrected chi connectivity index (χ2v) is 4.85. The zero-order valence-corrected chi connectivity index (χ0v) is 9.15. The summed E-state index contributed by atoms with van der Waals surface area (Å²) < 4.78 is 0.827. The van der Waals surface area contributed by atoms with Crippen LogP contribution in [0, 0.1) is 6.92 Å². The fourth-order valence-electron chi connectivity index (χ4n) is 1.42. The van der Waals surface area contributed by atoms with Crippen LogP contribution in [0.15, 0.2) is 23.1 Å². The molecule has 14 heavy (non-hydrogen) atoms. The van der Waals surface area contributed by atoms with Crippen LogP contribution in [0.5, 0.6) is 0 Å². The number of aromatic carboxylic acids is 1. The van der Waals surface area contributed by atoms with Gasteiger partial charge in [-0.25, -0.2) is 4.79 Å². The van der Waals surface area contributed by atoms with E-state index >= 15 is 0 Å². The molecule has 1 heterocycles. The maximum Gasteiger partial charge on any atom is 0.337 e. The predicted octanol–water partition coefficient (Wildman–Crippen LogP) is 3.20. The van der Waals surface area contributed by atoms with Gasteiger partial charge in [0.25, 0.3) is 0 Å². The average molecular weight is 224 g/mol. The molecule has 0 aliphatic carbocycles. The standard InChI is InChI=1S/C10H8O2S2/c1-5-2-6-3-7(13)4-8(10(11)12)9(6)14-5/h2-4,13H,1H3,(H,11,12). The van der Waals surface area contributed by atoms with E-state index in [9.17, 15) is 4.79 Å². The van der Waals surface area contributed by atoms with Gasteiger partial charge in [-0.05, 0) is 30.5 Å². The Morgan fingerprint density at radius 3 is 2.79 bits per heavy atom. The highest BCUT2D eigenvalue weighted by molar-refractivity contribution is 7.80. The monoisotopic (exact) mass is 224 g/mol. The van der Waals surface area contributed by atoms with Gasteiger partial charge in [-0.1, -0.05) is 0 Å². The van der Waals surface area contributed by atoms with Crippen molar-refractivity contribution in [1.29, 1.82) is 0 Å². The van der Waals surface area contributed by atoms with Crippen molar-refractivity contribution in [3.8, 4) is 0 Å². The summed E-state index contributed by atoms with van der Waals surface area (Å²) in [6, 6.07) is 5.45. The van der Waals surface area contributed by atoms with E-state index in [1.807, 2.05) is 19.1 Å². The van der Waals surface area contributed by atoms with Crippen LogP contribution < -0.4 is 0 Å². The fourth-order valence-corrected chi connectivity index (χ4v) is 2.69. The number of hydrogen-bond donors (Lipinski definition) is 2. The van der Waals surface area contributed by atoms with E-state index in [1.165, 1.54) is 11.3 Å². The number of carboxylic acid groups (broad SMARTS) is 1. The highest BCUT2D eigenvalue weighted by Gasteiger charge is 2.11. The third-order valence-electron chi connectivity index (χ3n) is 1.95. The Morgan fingerprint density at radius 1 is 1.43 bits per heavy atom. The van der Waals surface area contributed by atoms with Crippen molar-refractivity contribution in [3.05, 3.63) is 28.6 Å². The minimum absolute atomic E-state index is 0.339. The molecule has 0 aliphatic rings. The number of hydrogen-bond acceptors (Lipinski definition) is 3. The summed E-state index contributed by atoms with van der Waals surface area (Å²) in [5, 5.41) is 9.95. The summed E-state index contributed by atoms with van der Waals surface area (Å²) in [4.78, 5) is 12.7. The lowest BCUT2D eigenvalue weighted by Gasteiger charge is -1.98. The molecule has 0 saturated heterocycles. The molecular formula is C10H8O2S2. The van der Waals surface area contributed by atoms with Crippen LogP contribution in [0.1, 0.15) is 15.2 Å². The van der Waals surface area contributed by atoms with Crippen molar-refractivity contribution in [2.24, 2.45) is 0 Å². The van der Waals surface area contributed by atoms with Gasteiger partial charge in [0.05, 0.1) is 5.56 Å². The largest absolute Gasteiger partial charge is 0.478 e. The predicted molar refractivity (Wildman–Crippen MR) is 60.8 cm³/mol. The van der Waals surface area contributed by atoms with Gasteiger partial charge in [0, 0.05) is 14.5 Å². The molecule has 0 saturated carbocycles. The molecule has 2 nitrogen and oxygen atoms in total. The Labute approximate surface area is 90.6 Å². The smallest absolute Gasteiger partial charge is 0.337 e. The normalized spacial score (nSPS) is 10.7. The number of carboxylic acids is 1. The third-order valence-corrected chi connectivity index (χ3v) is 3.31. The van der Waals surface area contributed by atoms with Crippen LogP contribution in [-0.2, 0) is 0 Å². The maximum atomic E-state index is 10.9. The number of thiophene rings is 1. The minimum Gasteiger partial charge on any atom is -0.478 e. The number of thiol groups is 1. The second kappa shape index (κ2) is 3.29. The average Bonchev–Trinajstić information content (AvgIpc) is 2.42. The van der Waals surface area contributed by atoms with Crippen LogP contribution >= 0.6 is 24.0 Å². The van der Waals surface area contributed by atoms with Gasteiger partial charge in [0.15, 0.2) is 0 Å². The number of rotatable bonds is 1. The first-order valence-corrected chi connectivity index (χ1v) is 5.31. The van der Waals surface area contributed by atoms with Gasteiger partial charge < -0.3 is 5.11 Å². The molecule has 0 fully saturated rings. The van der Waals surface area contributed by atoms with E-state index < -0.39 is 5.97 Å². The summed E-state index contributed by atoms with van der Waals surface area (Å²) >= 11 is 5.68. The molecule has 0 atom stereocenters. The first kappa shape index (κ1) is 9.55. The van der Waals surface area contributed by atoms with Crippen molar-refractivity contribution in [2.75, 3.05) is 0 Å². The van der Waals surface area contributed by atoms with Crippen LogP contribution in [0.2, 0.25) is 0 Å². The molecule has 0 aliphatic heterocycles. The molecule has 0 radical (unpaired) electrons. The molecule has 72 valence electrons. The van der Waals surface area contributed by atoms with Crippen molar-refractivity contribution < 1.29 is 9.90 Å². The van der Waals surface area contributed by atoms with Gasteiger partial charge in [-0.15, -0.1) is 24.0 Å². The Morgan fingerprint density at radius 2 is 2.14 bits per heavy atom. The SMILES string of the molecule is Cc1cc2cc(S)cc(C(=O)O)c2s1. The third kappa shape index (κ3) is 1.51. The number of fused-ring (bicyclic) bond motifs is 1. The van der Waals surface area contributed by atoms with Crippen LogP contribution in [0.4, 0.5) is 0 Å². The van der Waals surface area contributed by atoms with Gasteiger partial charge in [-0.3, -0.25) is 0 Å². The molecule has 0 amide bonds. The zero-order chi connectivity index (χ0) is 10.3. The van der Waals surface area contributed by atoms with Gasteiger partial charge in [-0.2, -0.15) is 0 Å². The maximum absolute atomic E-state index is 10.9. The van der Waals surface area contributed by atoms with E-state index in [-0.39, 0.29) is 0 Å². The Balaban J connectivity index is 2.85. The summed E-state index contributed by atoms with van der Waals surface area (Å²) in [5.41, 5.74) is 0.339.